The Labute approximate surface area is 167 Å². The lowest BCUT2D eigenvalue weighted by Gasteiger charge is -2.15. The minimum atomic E-state index is -3.40. The molecule has 1 heterocycles. The lowest BCUT2D eigenvalue weighted by Crippen LogP contribution is -2.22. The fraction of sp³-hybridized carbons (Fsp3) is 0.273. The molecule has 1 N–H and O–H groups in total. The molecule has 1 unspecified atom stereocenters. The zero-order valence-electron chi connectivity index (χ0n) is 16.6. The second-order valence-corrected chi connectivity index (χ2v) is 9.24. The first-order chi connectivity index (χ1) is 13.3. The summed E-state index contributed by atoms with van der Waals surface area (Å²) in [6, 6.07) is 19.2. The lowest BCUT2D eigenvalue weighted by molar-refractivity contribution is 0.468. The van der Waals surface area contributed by atoms with Gasteiger partial charge >= 0.3 is 0 Å². The van der Waals surface area contributed by atoms with Crippen LogP contribution in [0.2, 0.25) is 0 Å². The van der Waals surface area contributed by atoms with Crippen LogP contribution in [0.1, 0.15) is 29.9 Å². The summed E-state index contributed by atoms with van der Waals surface area (Å²) >= 11 is 0. The van der Waals surface area contributed by atoms with Crippen LogP contribution in [0.5, 0.6) is 0 Å². The van der Waals surface area contributed by atoms with Gasteiger partial charge in [0.15, 0.2) is 0 Å². The number of rotatable bonds is 7. The van der Waals surface area contributed by atoms with Crippen molar-refractivity contribution in [3.05, 3.63) is 77.6 Å². The summed E-state index contributed by atoms with van der Waals surface area (Å²) in [5.74, 6) is 1.71. The fourth-order valence-electron chi connectivity index (χ4n) is 2.86. The summed E-state index contributed by atoms with van der Waals surface area (Å²) in [6.45, 7) is 4.69. The molecule has 148 valence electrons. The van der Waals surface area contributed by atoms with Gasteiger partial charge in [-0.05, 0) is 43.7 Å². The van der Waals surface area contributed by atoms with E-state index in [0.29, 0.717) is 11.4 Å². The predicted molar refractivity (Wildman–Crippen MR) is 111 cm³/mol. The highest BCUT2D eigenvalue weighted by molar-refractivity contribution is 7.89. The minimum Gasteiger partial charge on any atom is -0.460 e. The molecule has 0 radical (unpaired) electrons. The first kappa shape index (κ1) is 20.3. The zero-order valence-corrected chi connectivity index (χ0v) is 17.5. The van der Waals surface area contributed by atoms with Crippen molar-refractivity contribution in [3.63, 3.8) is 0 Å². The van der Waals surface area contributed by atoms with E-state index in [1.807, 2.05) is 31.2 Å². The quantitative estimate of drug-likeness (QED) is 0.642. The standard InChI is InChI=1S/C22H26N2O3S/c1-16-5-7-19(8-6-16)22-14-11-20(27-22)15-23-17(2)18-9-12-21(13-10-18)28(25,26)24(3)4/h5-14,17,23H,15H2,1-4H3. The molecular weight excluding hydrogens is 372 g/mol. The van der Waals surface area contributed by atoms with E-state index in [2.05, 4.69) is 36.5 Å². The van der Waals surface area contributed by atoms with Gasteiger partial charge in [0.25, 0.3) is 0 Å². The van der Waals surface area contributed by atoms with Gasteiger partial charge in [-0.3, -0.25) is 0 Å². The molecule has 2 aromatic carbocycles. The van der Waals surface area contributed by atoms with Crippen LogP contribution in [-0.2, 0) is 16.6 Å². The third-order valence-electron chi connectivity index (χ3n) is 4.74. The van der Waals surface area contributed by atoms with E-state index in [9.17, 15) is 8.42 Å². The molecule has 0 aliphatic heterocycles. The molecular formula is C22H26N2O3S. The SMILES string of the molecule is Cc1ccc(-c2ccc(CNC(C)c3ccc(S(=O)(=O)N(C)C)cc3)o2)cc1. The number of benzene rings is 2. The van der Waals surface area contributed by atoms with Crippen LogP contribution in [0, 0.1) is 6.92 Å². The van der Waals surface area contributed by atoms with E-state index in [1.54, 1.807) is 12.1 Å². The smallest absolute Gasteiger partial charge is 0.242 e. The summed E-state index contributed by atoms with van der Waals surface area (Å²) < 4.78 is 31.5. The van der Waals surface area contributed by atoms with Crippen molar-refractivity contribution >= 4 is 10.0 Å². The summed E-state index contributed by atoms with van der Waals surface area (Å²) in [4.78, 5) is 0.294. The van der Waals surface area contributed by atoms with E-state index < -0.39 is 10.0 Å². The third-order valence-corrected chi connectivity index (χ3v) is 6.57. The monoisotopic (exact) mass is 398 g/mol. The number of hydrogen-bond acceptors (Lipinski definition) is 4. The Kier molecular flexibility index (Phi) is 6.03. The molecule has 0 saturated heterocycles. The first-order valence-corrected chi connectivity index (χ1v) is 10.6. The van der Waals surface area contributed by atoms with Crippen molar-refractivity contribution < 1.29 is 12.8 Å². The molecule has 5 nitrogen and oxygen atoms in total. The molecule has 0 saturated carbocycles. The van der Waals surface area contributed by atoms with Gasteiger partial charge in [0.1, 0.15) is 11.5 Å². The van der Waals surface area contributed by atoms with E-state index in [1.165, 1.54) is 24.0 Å². The molecule has 3 rings (SSSR count). The van der Waals surface area contributed by atoms with Gasteiger partial charge in [0.2, 0.25) is 10.0 Å². The molecule has 0 aliphatic carbocycles. The predicted octanol–water partition coefficient (Wildman–Crippen LogP) is 4.36. The largest absolute Gasteiger partial charge is 0.460 e. The van der Waals surface area contributed by atoms with Crippen molar-refractivity contribution in [2.75, 3.05) is 14.1 Å². The molecule has 1 aromatic heterocycles. The highest BCUT2D eigenvalue weighted by Gasteiger charge is 2.17. The van der Waals surface area contributed by atoms with Crippen molar-refractivity contribution in [2.24, 2.45) is 0 Å². The summed E-state index contributed by atoms with van der Waals surface area (Å²) in [5, 5.41) is 3.42. The van der Waals surface area contributed by atoms with E-state index in [-0.39, 0.29) is 6.04 Å². The summed E-state index contributed by atoms with van der Waals surface area (Å²) in [5.41, 5.74) is 3.29. The van der Waals surface area contributed by atoms with Crippen LogP contribution in [-0.4, -0.2) is 26.8 Å². The minimum absolute atomic E-state index is 0.0593. The van der Waals surface area contributed by atoms with Crippen LogP contribution in [0.3, 0.4) is 0 Å². The highest BCUT2D eigenvalue weighted by atomic mass is 32.2. The average Bonchev–Trinajstić information content (AvgIpc) is 3.15. The van der Waals surface area contributed by atoms with Crippen molar-refractivity contribution in [1.82, 2.24) is 9.62 Å². The molecule has 0 aliphatic rings. The van der Waals surface area contributed by atoms with Crippen molar-refractivity contribution in [1.29, 1.82) is 0 Å². The maximum atomic E-state index is 12.2. The van der Waals surface area contributed by atoms with Gasteiger partial charge in [0.05, 0.1) is 11.4 Å². The summed E-state index contributed by atoms with van der Waals surface area (Å²) in [6.07, 6.45) is 0. The highest BCUT2D eigenvalue weighted by Crippen LogP contribution is 2.23. The third kappa shape index (κ3) is 4.52. The van der Waals surface area contributed by atoms with Crippen LogP contribution in [0.15, 0.2) is 70.0 Å². The Morgan fingerprint density at radius 2 is 1.61 bits per heavy atom. The number of nitrogens with one attached hydrogen (secondary N) is 1. The molecule has 0 spiro atoms. The van der Waals surface area contributed by atoms with Gasteiger partial charge in [0, 0.05) is 25.7 Å². The molecule has 0 fully saturated rings. The fourth-order valence-corrected chi connectivity index (χ4v) is 3.76. The second-order valence-electron chi connectivity index (χ2n) is 7.09. The lowest BCUT2D eigenvalue weighted by atomic mass is 10.1. The molecule has 3 aromatic rings. The number of sulfonamides is 1. The van der Waals surface area contributed by atoms with Gasteiger partial charge in [-0.1, -0.05) is 42.0 Å². The molecule has 0 bridgehead atoms. The van der Waals surface area contributed by atoms with Crippen LogP contribution >= 0.6 is 0 Å². The normalized spacial score (nSPS) is 13.0. The molecule has 6 heteroatoms. The van der Waals surface area contributed by atoms with Gasteiger partial charge in [-0.25, -0.2) is 12.7 Å². The zero-order chi connectivity index (χ0) is 20.3. The summed E-state index contributed by atoms with van der Waals surface area (Å²) in [7, 11) is -0.344. The number of hydrogen-bond donors (Lipinski definition) is 1. The first-order valence-electron chi connectivity index (χ1n) is 9.19. The van der Waals surface area contributed by atoms with Gasteiger partial charge in [-0.2, -0.15) is 0 Å². The Morgan fingerprint density at radius 1 is 0.964 bits per heavy atom. The average molecular weight is 399 g/mol. The maximum Gasteiger partial charge on any atom is 0.242 e. The van der Waals surface area contributed by atoms with Crippen LogP contribution < -0.4 is 5.32 Å². The maximum absolute atomic E-state index is 12.2. The van der Waals surface area contributed by atoms with Gasteiger partial charge < -0.3 is 9.73 Å². The topological polar surface area (TPSA) is 62.6 Å². The van der Waals surface area contributed by atoms with Crippen LogP contribution in [0.4, 0.5) is 0 Å². The van der Waals surface area contributed by atoms with E-state index in [0.717, 1.165) is 22.6 Å². The number of furan rings is 1. The molecule has 0 amide bonds. The van der Waals surface area contributed by atoms with E-state index >= 15 is 0 Å². The van der Waals surface area contributed by atoms with Crippen molar-refractivity contribution in [3.8, 4) is 11.3 Å². The van der Waals surface area contributed by atoms with E-state index in [4.69, 9.17) is 4.42 Å². The molecule has 1 atom stereocenters. The number of aryl methyl sites for hydroxylation is 1. The Bertz CT molecular complexity index is 1020. The molecule has 28 heavy (non-hydrogen) atoms. The Balaban J connectivity index is 1.63. The number of nitrogens with zero attached hydrogens (tertiary/aromatic N) is 1. The second kappa shape index (κ2) is 8.31. The van der Waals surface area contributed by atoms with Crippen LogP contribution in [0.25, 0.3) is 11.3 Å². The Hall–Kier alpha value is -2.41. The van der Waals surface area contributed by atoms with Crippen molar-refractivity contribution in [2.45, 2.75) is 31.3 Å². The van der Waals surface area contributed by atoms with Gasteiger partial charge in [-0.15, -0.1) is 0 Å². The Morgan fingerprint density at radius 3 is 2.21 bits per heavy atom.